The van der Waals surface area contributed by atoms with Crippen LogP contribution in [0.2, 0.25) is 0 Å². The number of hydrogen-bond acceptors (Lipinski definition) is 5. The highest BCUT2D eigenvalue weighted by molar-refractivity contribution is 5.92. The Bertz CT molecular complexity index is 710. The molecular weight excluding hydrogens is 572 g/mol. The fraction of sp³-hybridized carbons (Fsp3) is 0.829. The molecule has 46 heavy (non-hydrogen) atoms. The van der Waals surface area contributed by atoms with Gasteiger partial charge in [0.05, 0.1) is 5.92 Å². The summed E-state index contributed by atoms with van der Waals surface area (Å²) >= 11 is 0. The quantitative estimate of drug-likeness (QED) is 0.0296. The second kappa shape index (κ2) is 35.9. The highest BCUT2D eigenvalue weighted by Gasteiger charge is 2.21. The molecule has 0 atom stereocenters. The summed E-state index contributed by atoms with van der Waals surface area (Å²) < 4.78 is 10.9. The van der Waals surface area contributed by atoms with Gasteiger partial charge in [-0.2, -0.15) is 0 Å². The van der Waals surface area contributed by atoms with Crippen LogP contribution in [0.4, 0.5) is 0 Å². The zero-order chi connectivity index (χ0) is 33.8. The van der Waals surface area contributed by atoms with Gasteiger partial charge in [0.2, 0.25) is 0 Å². The lowest BCUT2D eigenvalue weighted by molar-refractivity contribution is -0.150. The number of carbonyl (C=O) groups excluding carboxylic acids is 3. The molecule has 0 amide bonds. The maximum Gasteiger partial charge on any atom is 0.305 e. The summed E-state index contributed by atoms with van der Waals surface area (Å²) in [7, 11) is 0. The van der Waals surface area contributed by atoms with Gasteiger partial charge in [0.15, 0.2) is 5.78 Å². The summed E-state index contributed by atoms with van der Waals surface area (Å²) in [5.41, 5.74) is 0. The first kappa shape index (κ1) is 44.1. The molecule has 0 spiro atoms. The van der Waals surface area contributed by atoms with Gasteiger partial charge in [0.1, 0.15) is 13.2 Å². The average Bonchev–Trinajstić information content (AvgIpc) is 3.05. The van der Waals surface area contributed by atoms with Crippen molar-refractivity contribution in [1.29, 1.82) is 0 Å². The van der Waals surface area contributed by atoms with Crippen LogP contribution in [-0.2, 0) is 23.9 Å². The molecule has 0 unspecified atom stereocenters. The molecule has 5 heteroatoms. The fourth-order valence-corrected chi connectivity index (χ4v) is 5.72. The number of allylic oxidation sites excluding steroid dienone is 4. The summed E-state index contributed by atoms with van der Waals surface area (Å²) in [5, 5.41) is 0. The average molecular weight is 647 g/mol. The minimum atomic E-state index is -0.673. The van der Waals surface area contributed by atoms with Crippen molar-refractivity contribution in [3.8, 4) is 0 Å². The van der Waals surface area contributed by atoms with Gasteiger partial charge in [0.25, 0.3) is 0 Å². The summed E-state index contributed by atoms with van der Waals surface area (Å²) in [6.45, 7) is 6.29. The standard InChI is InChI=1S/C41H74O5/c1-4-7-10-12-14-16-18-20-22-24-26-28-31-34-40(43)45-36-38(39(42)33-30-9-6-3)37-46-41(44)35-32-29-27-25-23-21-19-17-15-13-11-8-5-2/h6,9,30,33,38H,4-5,7-8,10-29,31-32,34-37H2,1-3H3/b9-6+,33-30+. The van der Waals surface area contributed by atoms with Crippen LogP contribution in [0.3, 0.4) is 0 Å². The smallest absolute Gasteiger partial charge is 0.305 e. The molecule has 268 valence electrons. The van der Waals surface area contributed by atoms with Gasteiger partial charge < -0.3 is 9.47 Å². The molecule has 0 aromatic heterocycles. The first-order valence-corrected chi connectivity index (χ1v) is 19.7. The van der Waals surface area contributed by atoms with Crippen LogP contribution in [-0.4, -0.2) is 30.9 Å². The maximum atomic E-state index is 12.7. The van der Waals surface area contributed by atoms with Crippen molar-refractivity contribution < 1.29 is 23.9 Å². The topological polar surface area (TPSA) is 69.7 Å². The minimum absolute atomic E-state index is 0.0533. The largest absolute Gasteiger partial charge is 0.465 e. The van der Waals surface area contributed by atoms with Gasteiger partial charge >= 0.3 is 11.9 Å². The molecule has 0 aliphatic rings. The number of ketones is 1. The van der Waals surface area contributed by atoms with E-state index in [0.29, 0.717) is 12.8 Å². The number of ether oxygens (including phenoxy) is 2. The van der Waals surface area contributed by atoms with Crippen molar-refractivity contribution in [2.45, 2.75) is 201 Å². The Balaban J connectivity index is 4.05. The molecule has 0 bridgehead atoms. The van der Waals surface area contributed by atoms with Crippen molar-refractivity contribution in [2.75, 3.05) is 13.2 Å². The van der Waals surface area contributed by atoms with Gasteiger partial charge in [-0.1, -0.05) is 186 Å². The third-order valence-electron chi connectivity index (χ3n) is 8.83. The lowest BCUT2D eigenvalue weighted by atomic mass is 10.0. The van der Waals surface area contributed by atoms with E-state index >= 15 is 0 Å². The Morgan fingerprint density at radius 2 is 0.761 bits per heavy atom. The van der Waals surface area contributed by atoms with Gasteiger partial charge in [0, 0.05) is 12.8 Å². The molecule has 0 aromatic rings. The van der Waals surface area contributed by atoms with Crippen molar-refractivity contribution in [3.63, 3.8) is 0 Å². The van der Waals surface area contributed by atoms with Crippen LogP contribution in [0.15, 0.2) is 24.3 Å². The van der Waals surface area contributed by atoms with Crippen molar-refractivity contribution in [1.82, 2.24) is 0 Å². The number of hydrogen-bond donors (Lipinski definition) is 0. The number of carbonyl (C=O) groups is 3. The molecule has 5 nitrogen and oxygen atoms in total. The SMILES string of the molecule is C/C=C/C=C/C(=O)C(COC(=O)CCCCCCCCCCCCCCC)COC(=O)CCCCCCCCCCCCCCC. The Kier molecular flexibility index (Phi) is 34.4. The maximum absolute atomic E-state index is 12.7. The summed E-state index contributed by atoms with van der Waals surface area (Å²) in [6, 6.07) is 0. The zero-order valence-electron chi connectivity index (χ0n) is 30.6. The van der Waals surface area contributed by atoms with Gasteiger partial charge in [-0.05, 0) is 25.8 Å². The molecule has 0 saturated carbocycles. The van der Waals surface area contributed by atoms with Crippen LogP contribution in [0.5, 0.6) is 0 Å². The van der Waals surface area contributed by atoms with E-state index in [2.05, 4.69) is 13.8 Å². The van der Waals surface area contributed by atoms with E-state index in [1.165, 1.54) is 134 Å². The summed E-state index contributed by atoms with van der Waals surface area (Å²) in [5.74, 6) is -1.43. The normalized spacial score (nSPS) is 11.7. The Morgan fingerprint density at radius 3 is 1.07 bits per heavy atom. The lowest BCUT2D eigenvalue weighted by Crippen LogP contribution is -2.27. The van der Waals surface area contributed by atoms with Crippen LogP contribution < -0.4 is 0 Å². The van der Waals surface area contributed by atoms with E-state index in [1.54, 1.807) is 12.2 Å². The predicted octanol–water partition coefficient (Wildman–Crippen LogP) is 12.4. The minimum Gasteiger partial charge on any atom is -0.465 e. The Labute approximate surface area is 285 Å². The van der Waals surface area contributed by atoms with Crippen LogP contribution >= 0.6 is 0 Å². The predicted molar refractivity (Wildman–Crippen MR) is 195 cm³/mol. The van der Waals surface area contributed by atoms with Crippen molar-refractivity contribution in [2.24, 2.45) is 5.92 Å². The molecule has 0 aliphatic heterocycles. The zero-order valence-corrected chi connectivity index (χ0v) is 30.6. The van der Waals surface area contributed by atoms with Crippen LogP contribution in [0.1, 0.15) is 201 Å². The molecule has 0 radical (unpaired) electrons. The van der Waals surface area contributed by atoms with E-state index < -0.39 is 5.92 Å². The molecule has 0 fully saturated rings. The summed E-state index contributed by atoms with van der Waals surface area (Å²) in [4.78, 5) is 37.4. The molecule has 0 rings (SSSR count). The van der Waals surface area contributed by atoms with E-state index in [1.807, 2.05) is 13.0 Å². The van der Waals surface area contributed by atoms with Crippen LogP contribution in [0.25, 0.3) is 0 Å². The molecule has 0 saturated heterocycles. The first-order chi connectivity index (χ1) is 22.5. The molecule has 0 N–H and O–H groups in total. The third kappa shape index (κ3) is 32.0. The van der Waals surface area contributed by atoms with Gasteiger partial charge in [-0.15, -0.1) is 0 Å². The Hall–Kier alpha value is -1.91. The highest BCUT2D eigenvalue weighted by Crippen LogP contribution is 2.15. The molecular formula is C41H74O5. The number of unbranched alkanes of at least 4 members (excludes halogenated alkanes) is 24. The van der Waals surface area contributed by atoms with E-state index in [-0.39, 0.29) is 30.9 Å². The number of rotatable bonds is 35. The Morgan fingerprint density at radius 1 is 0.457 bits per heavy atom. The van der Waals surface area contributed by atoms with Gasteiger partial charge in [-0.3, -0.25) is 14.4 Å². The highest BCUT2D eigenvalue weighted by atomic mass is 16.5. The van der Waals surface area contributed by atoms with Crippen LogP contribution in [0, 0.1) is 5.92 Å². The number of esters is 2. The second-order valence-corrected chi connectivity index (χ2v) is 13.3. The molecule has 0 aliphatic carbocycles. The second-order valence-electron chi connectivity index (χ2n) is 13.3. The van der Waals surface area contributed by atoms with Gasteiger partial charge in [-0.25, -0.2) is 0 Å². The third-order valence-corrected chi connectivity index (χ3v) is 8.83. The van der Waals surface area contributed by atoms with E-state index in [4.69, 9.17) is 9.47 Å². The fourth-order valence-electron chi connectivity index (χ4n) is 5.72. The van der Waals surface area contributed by atoms with Crippen molar-refractivity contribution in [3.05, 3.63) is 24.3 Å². The molecule has 0 heterocycles. The monoisotopic (exact) mass is 647 g/mol. The first-order valence-electron chi connectivity index (χ1n) is 19.7. The lowest BCUT2D eigenvalue weighted by Gasteiger charge is -2.15. The van der Waals surface area contributed by atoms with E-state index in [9.17, 15) is 14.4 Å². The molecule has 0 aromatic carbocycles. The van der Waals surface area contributed by atoms with E-state index in [0.717, 1.165) is 38.5 Å². The van der Waals surface area contributed by atoms with Crippen molar-refractivity contribution >= 4 is 17.7 Å². The summed E-state index contributed by atoms with van der Waals surface area (Å²) in [6.07, 6.45) is 40.2.